The van der Waals surface area contributed by atoms with E-state index in [0.29, 0.717) is 30.2 Å². The quantitative estimate of drug-likeness (QED) is 0.231. The van der Waals surface area contributed by atoms with Crippen LogP contribution >= 0.6 is 11.6 Å². The molecule has 0 bridgehead atoms. The Morgan fingerprint density at radius 1 is 1.02 bits per heavy atom. The van der Waals surface area contributed by atoms with Gasteiger partial charge in [-0.1, -0.05) is 41.9 Å². The molecule has 1 fully saturated rings. The average Bonchev–Trinajstić information content (AvgIpc) is 3.48. The van der Waals surface area contributed by atoms with Crippen LogP contribution in [0, 0.1) is 0 Å². The fourth-order valence-corrected chi connectivity index (χ4v) is 6.68. The normalized spacial score (nSPS) is 15.7. The highest BCUT2D eigenvalue weighted by molar-refractivity contribution is 6.30. The van der Waals surface area contributed by atoms with Gasteiger partial charge in [-0.05, 0) is 81.6 Å². The maximum absolute atomic E-state index is 13.7. The Kier molecular flexibility index (Phi) is 7.42. The summed E-state index contributed by atoms with van der Waals surface area (Å²) >= 11 is 6.31. The number of hydrogen-bond acceptors (Lipinski definition) is 3. The number of benzene rings is 3. The number of hydrogen-bond donors (Lipinski definition) is 1. The molecule has 3 aromatic carbocycles. The van der Waals surface area contributed by atoms with Crippen molar-refractivity contribution in [1.29, 1.82) is 0 Å². The van der Waals surface area contributed by atoms with Crippen molar-refractivity contribution in [2.75, 3.05) is 13.1 Å². The molecular weight excluding hydrogens is 562 g/mol. The van der Waals surface area contributed by atoms with E-state index in [0.717, 1.165) is 51.9 Å². The van der Waals surface area contributed by atoms with E-state index in [-0.39, 0.29) is 11.9 Å². The molecule has 0 spiro atoms. The predicted molar refractivity (Wildman–Crippen MR) is 171 cm³/mol. The maximum atomic E-state index is 13.7. The lowest BCUT2D eigenvalue weighted by molar-refractivity contribution is 0.0315. The molecule has 222 valence electrons. The number of piperidine rings is 1. The maximum Gasteiger partial charge on any atom is 0.408 e. The molecule has 0 aliphatic carbocycles. The molecule has 2 aromatic heterocycles. The zero-order valence-corrected chi connectivity index (χ0v) is 25.7. The first kappa shape index (κ1) is 28.8. The van der Waals surface area contributed by atoms with Crippen molar-refractivity contribution in [1.82, 2.24) is 23.9 Å². The van der Waals surface area contributed by atoms with E-state index in [9.17, 15) is 14.7 Å². The first-order valence-electron chi connectivity index (χ1n) is 14.6. The molecule has 0 unspecified atom stereocenters. The molecule has 1 atom stereocenters. The van der Waals surface area contributed by atoms with Gasteiger partial charge in [-0.3, -0.25) is 9.69 Å². The van der Waals surface area contributed by atoms with Crippen LogP contribution in [-0.4, -0.2) is 65.7 Å². The third-order valence-corrected chi connectivity index (χ3v) is 8.61. The fourth-order valence-electron chi connectivity index (χ4n) is 6.47. The van der Waals surface area contributed by atoms with E-state index < -0.39 is 11.6 Å². The standard InChI is InChI=1S/C34H36ClN5O3/c1-34(2,3)40(33(42)43)26-12-8-16-38(21-26)32(41)24-14-15-29-27(18-24)36-31(37(29)4)30-19-23-10-5-6-13-28(23)39(30)20-22-9-7-11-25(35)17-22/h5-7,9-11,13-15,17-19,26H,8,12,16,20-21H2,1-4H3,(H,42,43)/t26-/m1/s1. The lowest BCUT2D eigenvalue weighted by Crippen LogP contribution is -2.57. The van der Waals surface area contributed by atoms with Gasteiger partial charge in [-0.25, -0.2) is 9.78 Å². The average molecular weight is 598 g/mol. The summed E-state index contributed by atoms with van der Waals surface area (Å²) in [4.78, 5) is 34.1. The van der Waals surface area contributed by atoms with Gasteiger partial charge in [0.05, 0.1) is 22.8 Å². The summed E-state index contributed by atoms with van der Waals surface area (Å²) in [7, 11) is 2.00. The SMILES string of the molecule is Cn1c(-c2cc3ccccc3n2Cc2cccc(Cl)c2)nc2cc(C(=O)N3CCC[C@@H](N(C(=O)O)C(C)(C)C)C3)ccc21. The van der Waals surface area contributed by atoms with Crippen LogP contribution in [0.5, 0.6) is 0 Å². The van der Waals surface area contributed by atoms with Gasteiger partial charge in [-0.2, -0.15) is 0 Å². The van der Waals surface area contributed by atoms with E-state index in [2.05, 4.69) is 33.4 Å². The van der Waals surface area contributed by atoms with Gasteiger partial charge in [0, 0.05) is 53.7 Å². The Morgan fingerprint density at radius 2 is 1.81 bits per heavy atom. The summed E-state index contributed by atoms with van der Waals surface area (Å²) in [5.41, 5.74) is 4.82. The lowest BCUT2D eigenvalue weighted by atomic mass is 9.97. The number of amides is 2. The molecule has 2 amide bonds. The molecule has 3 heterocycles. The molecular formula is C34H36ClN5O3. The molecule has 1 aliphatic heterocycles. The molecule has 1 N–H and O–H groups in total. The molecule has 6 rings (SSSR count). The van der Waals surface area contributed by atoms with E-state index >= 15 is 0 Å². The highest BCUT2D eigenvalue weighted by atomic mass is 35.5. The predicted octanol–water partition coefficient (Wildman–Crippen LogP) is 7.28. The smallest absolute Gasteiger partial charge is 0.408 e. The number of likely N-dealkylation sites (tertiary alicyclic amines) is 1. The number of imidazole rings is 1. The Morgan fingerprint density at radius 3 is 2.56 bits per heavy atom. The van der Waals surface area contributed by atoms with Crippen LogP contribution in [0.3, 0.4) is 0 Å². The van der Waals surface area contributed by atoms with Gasteiger partial charge in [0.25, 0.3) is 5.91 Å². The highest BCUT2D eigenvalue weighted by Crippen LogP contribution is 2.32. The van der Waals surface area contributed by atoms with Crippen molar-refractivity contribution in [2.45, 2.75) is 51.7 Å². The van der Waals surface area contributed by atoms with Gasteiger partial charge < -0.3 is 19.1 Å². The summed E-state index contributed by atoms with van der Waals surface area (Å²) in [5.74, 6) is 0.700. The van der Waals surface area contributed by atoms with Gasteiger partial charge in [-0.15, -0.1) is 0 Å². The van der Waals surface area contributed by atoms with Crippen LogP contribution in [0.2, 0.25) is 5.02 Å². The van der Waals surface area contributed by atoms with Crippen LogP contribution in [-0.2, 0) is 13.6 Å². The number of carboxylic acid groups (broad SMARTS) is 1. The summed E-state index contributed by atoms with van der Waals surface area (Å²) in [5, 5.41) is 11.7. The van der Waals surface area contributed by atoms with E-state index in [1.807, 2.05) is 76.3 Å². The molecule has 43 heavy (non-hydrogen) atoms. The summed E-state index contributed by atoms with van der Waals surface area (Å²) in [6.07, 6.45) is 0.532. The van der Waals surface area contributed by atoms with E-state index in [1.165, 1.54) is 4.90 Å². The topological polar surface area (TPSA) is 83.6 Å². The molecule has 9 heteroatoms. The van der Waals surface area contributed by atoms with Gasteiger partial charge in [0.15, 0.2) is 5.82 Å². The number of rotatable bonds is 5. The number of fused-ring (bicyclic) bond motifs is 2. The molecule has 1 saturated heterocycles. The van der Waals surface area contributed by atoms with Gasteiger partial charge >= 0.3 is 6.09 Å². The number of aryl methyl sites for hydroxylation is 1. The fraction of sp³-hybridized carbons (Fsp3) is 0.324. The van der Waals surface area contributed by atoms with Crippen LogP contribution in [0.4, 0.5) is 4.79 Å². The first-order chi connectivity index (χ1) is 20.5. The summed E-state index contributed by atoms with van der Waals surface area (Å²) in [6.45, 7) is 7.28. The minimum Gasteiger partial charge on any atom is -0.465 e. The number of aromatic nitrogens is 3. The highest BCUT2D eigenvalue weighted by Gasteiger charge is 2.37. The van der Waals surface area contributed by atoms with Crippen molar-refractivity contribution in [3.63, 3.8) is 0 Å². The Hall–Kier alpha value is -4.30. The number of nitrogens with zero attached hydrogens (tertiary/aromatic N) is 5. The molecule has 0 radical (unpaired) electrons. The number of carbonyl (C=O) groups excluding carboxylic acids is 1. The largest absolute Gasteiger partial charge is 0.465 e. The Balaban J connectivity index is 1.34. The third-order valence-electron chi connectivity index (χ3n) is 8.37. The van der Waals surface area contributed by atoms with Crippen molar-refractivity contribution in [3.05, 3.63) is 88.9 Å². The van der Waals surface area contributed by atoms with Gasteiger partial charge in [0.1, 0.15) is 0 Å². The second kappa shape index (κ2) is 11.1. The third kappa shape index (κ3) is 5.47. The minimum atomic E-state index is -0.956. The molecule has 5 aromatic rings. The number of para-hydroxylation sites is 1. The zero-order chi connectivity index (χ0) is 30.5. The Labute approximate surface area is 256 Å². The van der Waals surface area contributed by atoms with Crippen LogP contribution < -0.4 is 0 Å². The summed E-state index contributed by atoms with van der Waals surface area (Å²) in [6, 6.07) is 23.7. The van der Waals surface area contributed by atoms with Crippen molar-refractivity contribution < 1.29 is 14.7 Å². The minimum absolute atomic E-state index is 0.104. The van der Waals surface area contributed by atoms with Crippen molar-refractivity contribution >= 4 is 45.5 Å². The second-order valence-corrected chi connectivity index (χ2v) is 12.8. The van der Waals surface area contributed by atoms with Gasteiger partial charge in [0.2, 0.25) is 0 Å². The zero-order valence-electron chi connectivity index (χ0n) is 24.9. The van der Waals surface area contributed by atoms with E-state index in [4.69, 9.17) is 16.6 Å². The van der Waals surface area contributed by atoms with Crippen molar-refractivity contribution in [2.24, 2.45) is 7.05 Å². The lowest BCUT2D eigenvalue weighted by Gasteiger charge is -2.44. The number of carbonyl (C=O) groups is 2. The van der Waals surface area contributed by atoms with Crippen molar-refractivity contribution in [3.8, 4) is 11.5 Å². The Bertz CT molecular complexity index is 1850. The van der Waals surface area contributed by atoms with Crippen LogP contribution in [0.25, 0.3) is 33.5 Å². The molecule has 8 nitrogen and oxygen atoms in total. The van der Waals surface area contributed by atoms with Crippen LogP contribution in [0.1, 0.15) is 49.5 Å². The monoisotopic (exact) mass is 597 g/mol. The van der Waals surface area contributed by atoms with E-state index in [1.54, 1.807) is 4.90 Å². The first-order valence-corrected chi connectivity index (χ1v) is 15.0. The second-order valence-electron chi connectivity index (χ2n) is 12.4. The molecule has 1 aliphatic rings. The summed E-state index contributed by atoms with van der Waals surface area (Å²) < 4.78 is 4.32. The van der Waals surface area contributed by atoms with Crippen LogP contribution in [0.15, 0.2) is 72.8 Å². The number of halogens is 1. The molecule has 0 saturated carbocycles.